The highest BCUT2D eigenvalue weighted by molar-refractivity contribution is 6.30. The molecule has 0 fully saturated rings. The van der Waals surface area contributed by atoms with E-state index in [0.29, 0.717) is 23.2 Å². The van der Waals surface area contributed by atoms with Crippen LogP contribution in [-0.4, -0.2) is 24.7 Å². The van der Waals surface area contributed by atoms with E-state index in [1.54, 1.807) is 29.5 Å². The number of hydrogen-bond acceptors (Lipinski definition) is 5. The summed E-state index contributed by atoms with van der Waals surface area (Å²) in [6, 6.07) is 5.34. The summed E-state index contributed by atoms with van der Waals surface area (Å²) >= 11 is 5.89. The molecule has 2 N–H and O–H groups in total. The molecule has 0 saturated heterocycles. The summed E-state index contributed by atoms with van der Waals surface area (Å²) in [6.07, 6.45) is 6.80. The van der Waals surface area contributed by atoms with Gasteiger partial charge in [0.1, 0.15) is 0 Å². The Hall–Kier alpha value is -2.67. The van der Waals surface area contributed by atoms with Crippen molar-refractivity contribution in [1.29, 1.82) is 0 Å². The molecule has 7 nitrogen and oxygen atoms in total. The standard InChI is InChI=1S/C17H19ClN6O/c1-11(9-24-10-14(18)8-20-24)15-7-16(25)23-17(22-15)21-12(2)13-3-5-19-6-4-13/h3-8,10-12H,9H2,1-2H3,(H2,21,22,23,25)/t11-,12+/m1/s1. The second-order valence-corrected chi connectivity index (χ2v) is 6.38. The smallest absolute Gasteiger partial charge is 0.252 e. The van der Waals surface area contributed by atoms with Crippen LogP contribution in [0.25, 0.3) is 0 Å². The zero-order valence-electron chi connectivity index (χ0n) is 14.0. The van der Waals surface area contributed by atoms with E-state index in [-0.39, 0.29) is 17.5 Å². The van der Waals surface area contributed by atoms with Gasteiger partial charge in [-0.15, -0.1) is 0 Å². The van der Waals surface area contributed by atoms with Gasteiger partial charge in [-0.05, 0) is 24.6 Å². The highest BCUT2D eigenvalue weighted by Crippen LogP contribution is 2.18. The molecular formula is C17H19ClN6O. The third kappa shape index (κ3) is 4.45. The number of nitrogens with one attached hydrogen (secondary N) is 2. The van der Waals surface area contributed by atoms with Crippen molar-refractivity contribution in [1.82, 2.24) is 24.7 Å². The number of halogens is 1. The van der Waals surface area contributed by atoms with Crippen LogP contribution >= 0.6 is 11.6 Å². The summed E-state index contributed by atoms with van der Waals surface area (Å²) in [5.41, 5.74) is 1.56. The molecule has 0 aliphatic rings. The molecule has 130 valence electrons. The van der Waals surface area contributed by atoms with Gasteiger partial charge in [0.25, 0.3) is 5.56 Å². The lowest BCUT2D eigenvalue weighted by atomic mass is 10.1. The van der Waals surface area contributed by atoms with Gasteiger partial charge in [-0.1, -0.05) is 18.5 Å². The van der Waals surface area contributed by atoms with Crippen LogP contribution in [0.5, 0.6) is 0 Å². The van der Waals surface area contributed by atoms with Gasteiger partial charge in [0.15, 0.2) is 0 Å². The molecule has 0 aliphatic heterocycles. The number of aromatic nitrogens is 5. The summed E-state index contributed by atoms with van der Waals surface area (Å²) in [5, 5.41) is 7.97. The molecule has 3 aromatic heterocycles. The molecule has 0 radical (unpaired) electrons. The van der Waals surface area contributed by atoms with Crippen molar-refractivity contribution in [2.45, 2.75) is 32.4 Å². The molecule has 3 aromatic rings. The first kappa shape index (κ1) is 17.2. The molecule has 8 heteroatoms. The van der Waals surface area contributed by atoms with E-state index in [9.17, 15) is 4.79 Å². The summed E-state index contributed by atoms with van der Waals surface area (Å²) < 4.78 is 1.74. The number of anilines is 1. The van der Waals surface area contributed by atoms with Crippen molar-refractivity contribution in [2.24, 2.45) is 0 Å². The summed E-state index contributed by atoms with van der Waals surface area (Å²) in [6.45, 7) is 4.58. The van der Waals surface area contributed by atoms with Gasteiger partial charge < -0.3 is 5.32 Å². The minimum atomic E-state index is -0.195. The minimum absolute atomic E-state index is 0.00930. The summed E-state index contributed by atoms with van der Waals surface area (Å²) in [4.78, 5) is 23.3. The van der Waals surface area contributed by atoms with Crippen molar-refractivity contribution in [3.63, 3.8) is 0 Å². The fraction of sp³-hybridized carbons (Fsp3) is 0.294. The van der Waals surface area contributed by atoms with Crippen LogP contribution in [0, 0.1) is 0 Å². The van der Waals surface area contributed by atoms with E-state index in [0.717, 1.165) is 5.56 Å². The molecule has 25 heavy (non-hydrogen) atoms. The average Bonchev–Trinajstić information content (AvgIpc) is 3.00. The number of H-pyrrole nitrogens is 1. The van der Waals surface area contributed by atoms with E-state index >= 15 is 0 Å². The summed E-state index contributed by atoms with van der Waals surface area (Å²) in [7, 11) is 0. The van der Waals surface area contributed by atoms with Crippen LogP contribution < -0.4 is 10.9 Å². The Bertz CT molecular complexity index is 891. The number of nitrogens with zero attached hydrogens (tertiary/aromatic N) is 4. The second kappa shape index (κ2) is 7.48. The quantitative estimate of drug-likeness (QED) is 0.707. The van der Waals surface area contributed by atoms with E-state index in [4.69, 9.17) is 11.6 Å². The van der Waals surface area contributed by atoms with Crippen molar-refractivity contribution in [3.8, 4) is 0 Å². The number of rotatable bonds is 6. The average molecular weight is 359 g/mol. The van der Waals surface area contributed by atoms with E-state index in [1.165, 1.54) is 6.07 Å². The van der Waals surface area contributed by atoms with Gasteiger partial charge in [-0.3, -0.25) is 19.4 Å². The maximum absolute atomic E-state index is 12.0. The van der Waals surface area contributed by atoms with Crippen LogP contribution in [0.15, 0.2) is 47.8 Å². The third-order valence-electron chi connectivity index (χ3n) is 3.89. The predicted molar refractivity (Wildman–Crippen MR) is 96.8 cm³/mol. The van der Waals surface area contributed by atoms with Gasteiger partial charge in [0, 0.05) is 37.1 Å². The third-order valence-corrected chi connectivity index (χ3v) is 4.08. The molecule has 0 aliphatic carbocycles. The zero-order chi connectivity index (χ0) is 17.8. The number of hydrogen-bond donors (Lipinski definition) is 2. The molecule has 0 unspecified atom stereocenters. The molecule has 0 amide bonds. The molecule has 2 atom stereocenters. The van der Waals surface area contributed by atoms with Gasteiger partial charge in [0.2, 0.25) is 5.95 Å². The monoisotopic (exact) mass is 358 g/mol. The lowest BCUT2D eigenvalue weighted by Gasteiger charge is -2.16. The van der Waals surface area contributed by atoms with Crippen LogP contribution in [0.4, 0.5) is 5.95 Å². The van der Waals surface area contributed by atoms with Gasteiger partial charge in [-0.25, -0.2) is 4.98 Å². The Kier molecular flexibility index (Phi) is 5.14. The van der Waals surface area contributed by atoms with E-state index in [1.807, 2.05) is 26.0 Å². The molecule has 0 saturated carbocycles. The lowest BCUT2D eigenvalue weighted by Crippen LogP contribution is -2.18. The highest BCUT2D eigenvalue weighted by Gasteiger charge is 2.13. The first-order valence-corrected chi connectivity index (χ1v) is 8.34. The largest absolute Gasteiger partial charge is 0.349 e. The van der Waals surface area contributed by atoms with Crippen LogP contribution in [-0.2, 0) is 6.54 Å². The first-order chi connectivity index (χ1) is 12.0. The van der Waals surface area contributed by atoms with E-state index in [2.05, 4.69) is 25.4 Å². The SMILES string of the molecule is C[C@H](Cn1cc(Cl)cn1)c1cc(=O)[nH]c(N[C@@H](C)c2ccncc2)n1. The topological polar surface area (TPSA) is 88.5 Å². The normalized spacial score (nSPS) is 13.4. The maximum atomic E-state index is 12.0. The van der Waals surface area contributed by atoms with Crippen molar-refractivity contribution in [3.05, 3.63) is 69.6 Å². The van der Waals surface area contributed by atoms with Crippen molar-refractivity contribution in [2.75, 3.05) is 5.32 Å². The Labute approximate surface area is 150 Å². The second-order valence-electron chi connectivity index (χ2n) is 5.95. The van der Waals surface area contributed by atoms with Crippen LogP contribution in [0.1, 0.15) is 37.1 Å². The Morgan fingerprint density at radius 1 is 1.32 bits per heavy atom. The van der Waals surface area contributed by atoms with Crippen LogP contribution in [0.2, 0.25) is 5.02 Å². The molecular weight excluding hydrogens is 340 g/mol. The molecule has 0 bridgehead atoms. The van der Waals surface area contributed by atoms with E-state index < -0.39 is 0 Å². The first-order valence-electron chi connectivity index (χ1n) is 7.97. The Balaban J connectivity index is 1.77. The van der Waals surface area contributed by atoms with Gasteiger partial charge in [0.05, 0.1) is 23.0 Å². The molecule has 3 rings (SSSR count). The lowest BCUT2D eigenvalue weighted by molar-refractivity contribution is 0.533. The van der Waals surface area contributed by atoms with Crippen LogP contribution in [0.3, 0.4) is 0 Å². The highest BCUT2D eigenvalue weighted by atomic mass is 35.5. The molecule has 3 heterocycles. The Morgan fingerprint density at radius 3 is 2.76 bits per heavy atom. The van der Waals surface area contributed by atoms with Crippen molar-refractivity contribution < 1.29 is 0 Å². The van der Waals surface area contributed by atoms with Gasteiger partial charge >= 0.3 is 0 Å². The molecule has 0 spiro atoms. The van der Waals surface area contributed by atoms with Crippen molar-refractivity contribution >= 4 is 17.5 Å². The molecule has 0 aromatic carbocycles. The minimum Gasteiger partial charge on any atom is -0.349 e. The fourth-order valence-corrected chi connectivity index (χ4v) is 2.71. The zero-order valence-corrected chi connectivity index (χ0v) is 14.7. The van der Waals surface area contributed by atoms with Gasteiger partial charge in [-0.2, -0.15) is 5.10 Å². The number of pyridine rings is 1. The number of aromatic amines is 1. The fourth-order valence-electron chi connectivity index (χ4n) is 2.55. The Morgan fingerprint density at radius 2 is 2.08 bits per heavy atom. The maximum Gasteiger partial charge on any atom is 0.252 e. The predicted octanol–water partition coefficient (Wildman–Crippen LogP) is 2.99. The summed E-state index contributed by atoms with van der Waals surface area (Å²) in [5.74, 6) is 0.451.